The molecule has 0 amide bonds. The Balaban J connectivity index is 2.10. The minimum atomic E-state index is -4.74. The smallest absolute Gasteiger partial charge is 0.432 e. The van der Waals surface area contributed by atoms with E-state index in [1.54, 1.807) is 0 Å². The van der Waals surface area contributed by atoms with Crippen molar-refractivity contribution in [3.05, 3.63) is 47.0 Å². The summed E-state index contributed by atoms with van der Waals surface area (Å²) in [5.74, 6) is -2.23. The molecular weight excluding hydrogens is 499 g/mol. The predicted octanol–water partition coefficient (Wildman–Crippen LogP) is 3.30. The van der Waals surface area contributed by atoms with Crippen LogP contribution >= 0.6 is 11.3 Å². The molecule has 3 aromatic rings. The van der Waals surface area contributed by atoms with Crippen molar-refractivity contribution in [3.8, 4) is 11.5 Å². The Labute approximate surface area is 194 Å². The molecule has 5 N–H and O–H groups in total. The summed E-state index contributed by atoms with van der Waals surface area (Å²) in [6.07, 6.45) is -3.34. The summed E-state index contributed by atoms with van der Waals surface area (Å²) < 4.78 is 66.0. The van der Waals surface area contributed by atoms with E-state index in [2.05, 4.69) is 4.99 Å². The van der Waals surface area contributed by atoms with Crippen molar-refractivity contribution < 1.29 is 41.7 Å². The van der Waals surface area contributed by atoms with E-state index in [-0.39, 0.29) is 38.5 Å². The van der Waals surface area contributed by atoms with Crippen molar-refractivity contribution in [2.24, 2.45) is 10.7 Å². The number of halogens is 3. The average molecular weight is 518 g/mol. The van der Waals surface area contributed by atoms with E-state index >= 15 is 0 Å². The van der Waals surface area contributed by atoms with Crippen molar-refractivity contribution >= 4 is 49.6 Å². The van der Waals surface area contributed by atoms with Gasteiger partial charge >= 0.3 is 12.1 Å². The first-order chi connectivity index (χ1) is 15.8. The van der Waals surface area contributed by atoms with Crippen LogP contribution in [-0.2, 0) is 21.2 Å². The Hall–Kier alpha value is -3.52. The zero-order chi connectivity index (χ0) is 25.4. The third kappa shape index (κ3) is 4.87. The highest BCUT2D eigenvalue weighted by atomic mass is 32.2. The van der Waals surface area contributed by atoms with Gasteiger partial charge in [0.05, 0.1) is 16.1 Å². The summed E-state index contributed by atoms with van der Waals surface area (Å²) in [5, 5.41) is 28.9. The molecule has 0 radical (unpaired) electrons. The van der Waals surface area contributed by atoms with Gasteiger partial charge < -0.3 is 21.1 Å². The zero-order valence-corrected chi connectivity index (χ0v) is 19.0. The molecule has 2 heterocycles. The number of rotatable bonds is 7. The van der Waals surface area contributed by atoms with Gasteiger partial charge in [-0.3, -0.25) is 9.79 Å². The number of carboxylic acid groups (broad SMARTS) is 1. The molecule has 0 saturated heterocycles. The van der Waals surface area contributed by atoms with Crippen LogP contribution in [0.1, 0.15) is 16.9 Å². The van der Waals surface area contributed by atoms with Gasteiger partial charge in [0, 0.05) is 31.1 Å². The van der Waals surface area contributed by atoms with Gasteiger partial charge in [0.1, 0.15) is 9.92 Å². The van der Waals surface area contributed by atoms with Gasteiger partial charge in [-0.2, -0.15) is 21.6 Å². The van der Waals surface area contributed by atoms with E-state index in [1.807, 2.05) is 0 Å². The number of benzene rings is 1. The molecule has 0 aliphatic heterocycles. The molecule has 0 saturated carbocycles. The predicted molar refractivity (Wildman–Crippen MR) is 120 cm³/mol. The first-order valence-corrected chi connectivity index (χ1v) is 11.7. The fourth-order valence-electron chi connectivity index (χ4n) is 3.13. The largest absolute Gasteiger partial charge is 0.504 e. The SMILES string of the molecule is CN=C(C=C(N)c1ccc(S(=O)(=O)n2cc(CCC(=O)O)c3cc(O)c(O)cc32)s1)C(F)(F)F. The highest BCUT2D eigenvalue weighted by Gasteiger charge is 2.34. The number of hydrogen-bond acceptors (Lipinski definition) is 8. The van der Waals surface area contributed by atoms with E-state index < -0.39 is 39.4 Å². The van der Waals surface area contributed by atoms with Crippen molar-refractivity contribution in [2.45, 2.75) is 23.2 Å². The molecule has 1 aromatic carbocycles. The summed E-state index contributed by atoms with van der Waals surface area (Å²) in [6.45, 7) is 0. The molecule has 2 aromatic heterocycles. The van der Waals surface area contributed by atoms with Crippen LogP contribution in [0.2, 0.25) is 0 Å². The lowest BCUT2D eigenvalue weighted by Gasteiger charge is -2.07. The second kappa shape index (κ2) is 9.02. The maximum absolute atomic E-state index is 13.3. The van der Waals surface area contributed by atoms with E-state index in [1.165, 1.54) is 12.3 Å². The van der Waals surface area contributed by atoms with Crippen LogP contribution in [0.15, 0.2) is 45.7 Å². The Bertz CT molecular complexity index is 1440. The molecule has 0 unspecified atom stereocenters. The number of phenols is 2. The Morgan fingerprint density at radius 2 is 1.88 bits per heavy atom. The molecule has 0 bridgehead atoms. The number of aromatic hydroxyl groups is 2. The highest BCUT2D eigenvalue weighted by Crippen LogP contribution is 2.36. The molecule has 182 valence electrons. The zero-order valence-electron chi connectivity index (χ0n) is 17.4. The third-order valence-electron chi connectivity index (χ3n) is 4.76. The monoisotopic (exact) mass is 517 g/mol. The maximum Gasteiger partial charge on any atom is 0.432 e. The first-order valence-electron chi connectivity index (χ1n) is 9.40. The number of thiophene rings is 1. The van der Waals surface area contributed by atoms with Crippen LogP contribution in [0.3, 0.4) is 0 Å². The molecule has 0 aliphatic carbocycles. The number of hydrogen-bond donors (Lipinski definition) is 4. The van der Waals surface area contributed by atoms with Crippen LogP contribution in [-0.4, -0.2) is 52.6 Å². The summed E-state index contributed by atoms with van der Waals surface area (Å²) >= 11 is 0.619. The van der Waals surface area contributed by atoms with Gasteiger partial charge in [0.2, 0.25) is 0 Å². The number of aromatic nitrogens is 1. The van der Waals surface area contributed by atoms with Crippen LogP contribution in [0, 0.1) is 0 Å². The van der Waals surface area contributed by atoms with Crippen molar-refractivity contribution in [2.75, 3.05) is 7.05 Å². The Kier molecular flexibility index (Phi) is 6.66. The maximum atomic E-state index is 13.3. The van der Waals surface area contributed by atoms with Crippen molar-refractivity contribution in [3.63, 3.8) is 0 Å². The van der Waals surface area contributed by atoms with Gasteiger partial charge in [-0.05, 0) is 36.3 Å². The fourth-order valence-corrected chi connectivity index (χ4v) is 5.84. The lowest BCUT2D eigenvalue weighted by molar-refractivity contribution is -0.136. The average Bonchev–Trinajstić information content (AvgIpc) is 3.36. The number of fused-ring (bicyclic) bond motifs is 1. The van der Waals surface area contributed by atoms with E-state index in [0.29, 0.717) is 23.0 Å². The van der Waals surface area contributed by atoms with Crippen molar-refractivity contribution in [1.29, 1.82) is 0 Å². The molecule has 14 heteroatoms. The fraction of sp³-hybridized carbons (Fsp3) is 0.200. The quantitative estimate of drug-likeness (QED) is 0.277. The molecule has 34 heavy (non-hydrogen) atoms. The molecule has 0 atom stereocenters. The molecule has 0 fully saturated rings. The highest BCUT2D eigenvalue weighted by molar-refractivity contribution is 7.92. The number of aliphatic imine (C=N–C) groups is 1. The molecular formula is C20H18F3N3O6S2. The molecule has 3 rings (SSSR count). The summed E-state index contributed by atoms with van der Waals surface area (Å²) in [6, 6.07) is 4.54. The molecule has 9 nitrogen and oxygen atoms in total. The number of allylic oxidation sites excluding steroid dienone is 1. The minimum Gasteiger partial charge on any atom is -0.504 e. The molecule has 0 aliphatic rings. The van der Waals surface area contributed by atoms with Crippen LogP contribution < -0.4 is 5.73 Å². The number of aryl methyl sites for hydroxylation is 1. The Morgan fingerprint density at radius 1 is 1.24 bits per heavy atom. The topological polar surface area (TPSA) is 155 Å². The van der Waals surface area contributed by atoms with E-state index in [0.717, 1.165) is 29.2 Å². The van der Waals surface area contributed by atoms with Crippen LogP contribution in [0.4, 0.5) is 13.2 Å². The summed E-state index contributed by atoms with van der Waals surface area (Å²) in [7, 11) is -3.38. The second-order valence-electron chi connectivity index (χ2n) is 7.03. The van der Waals surface area contributed by atoms with E-state index in [9.17, 15) is 36.6 Å². The normalized spacial score (nSPS) is 13.5. The summed E-state index contributed by atoms with van der Waals surface area (Å²) in [4.78, 5) is 14.2. The molecule has 0 spiro atoms. The van der Waals surface area contributed by atoms with Gasteiger partial charge in [-0.15, -0.1) is 11.3 Å². The number of nitrogens with zero attached hydrogens (tertiary/aromatic N) is 2. The van der Waals surface area contributed by atoms with Crippen LogP contribution in [0.5, 0.6) is 11.5 Å². The van der Waals surface area contributed by atoms with Gasteiger partial charge in [-0.25, -0.2) is 3.97 Å². The van der Waals surface area contributed by atoms with Crippen molar-refractivity contribution in [1.82, 2.24) is 3.97 Å². The number of alkyl halides is 3. The first kappa shape index (κ1) is 25.1. The number of nitrogens with two attached hydrogens (primary N) is 1. The third-order valence-corrected chi connectivity index (χ3v) is 8.04. The van der Waals surface area contributed by atoms with E-state index in [4.69, 9.17) is 10.8 Å². The number of aliphatic carboxylic acids is 1. The second-order valence-corrected chi connectivity index (χ2v) is 10.2. The van der Waals surface area contributed by atoms with Gasteiger partial charge in [0.25, 0.3) is 10.0 Å². The van der Waals surface area contributed by atoms with Gasteiger partial charge in [-0.1, -0.05) is 0 Å². The standard InChI is InChI=1S/C20H18F3N3O6S2/c1-25-17(20(21,22)23)7-12(24)16-3-5-19(33-16)34(31,32)26-9-10(2-4-18(29)30)11-6-14(27)15(28)8-13(11)26/h3,5-9,27-28H,2,4,24H2,1H3,(H,29,30). The number of carbonyl (C=O) groups is 1. The van der Waals surface area contributed by atoms with Crippen LogP contribution in [0.25, 0.3) is 16.6 Å². The number of carboxylic acids is 1. The summed E-state index contributed by atoms with van der Waals surface area (Å²) in [5.41, 5.74) is 4.43. The Morgan fingerprint density at radius 3 is 2.47 bits per heavy atom. The lowest BCUT2D eigenvalue weighted by Crippen LogP contribution is -2.21. The van der Waals surface area contributed by atoms with Gasteiger partial charge in [0.15, 0.2) is 11.5 Å². The minimum absolute atomic E-state index is 0.0216. The number of phenolic OH excluding ortho intramolecular Hbond substituents is 2. The lowest BCUT2D eigenvalue weighted by atomic mass is 10.1.